The van der Waals surface area contributed by atoms with Crippen molar-refractivity contribution in [3.05, 3.63) is 0 Å². The molecule has 5 atom stereocenters. The molecule has 0 fully saturated rings. The van der Waals surface area contributed by atoms with Gasteiger partial charge in [-0.05, 0) is 37.5 Å². The molecule has 19 heteroatoms. The van der Waals surface area contributed by atoms with E-state index in [1.807, 2.05) is 0 Å². The van der Waals surface area contributed by atoms with Crippen molar-refractivity contribution in [2.24, 2.45) is 11.8 Å². The Labute approximate surface area is 638 Å². The zero-order valence-corrected chi connectivity index (χ0v) is 70.1. The molecule has 104 heavy (non-hydrogen) atoms. The first-order valence-corrected chi connectivity index (χ1v) is 47.0. The van der Waals surface area contributed by atoms with Gasteiger partial charge in [0.2, 0.25) is 0 Å². The van der Waals surface area contributed by atoms with Crippen LogP contribution in [0.15, 0.2) is 0 Å². The number of carbonyl (C=O) groups is 4. The second kappa shape index (κ2) is 76.4. The molecule has 0 saturated carbocycles. The van der Waals surface area contributed by atoms with Crippen molar-refractivity contribution < 1.29 is 80.2 Å². The molecule has 618 valence electrons. The van der Waals surface area contributed by atoms with E-state index in [1.165, 1.54) is 270 Å². The third kappa shape index (κ3) is 78.2. The molecule has 0 aliphatic heterocycles. The highest BCUT2D eigenvalue weighted by Gasteiger charge is 2.30. The van der Waals surface area contributed by atoms with Crippen LogP contribution in [-0.4, -0.2) is 96.7 Å². The van der Waals surface area contributed by atoms with Crippen LogP contribution < -0.4 is 0 Å². The van der Waals surface area contributed by atoms with Gasteiger partial charge in [0.05, 0.1) is 26.4 Å². The van der Waals surface area contributed by atoms with Crippen molar-refractivity contribution in [1.29, 1.82) is 0 Å². The summed E-state index contributed by atoms with van der Waals surface area (Å²) in [6.07, 6.45) is 68.0. The minimum absolute atomic E-state index is 0.108. The predicted octanol–water partition coefficient (Wildman–Crippen LogP) is 25.8. The van der Waals surface area contributed by atoms with Gasteiger partial charge in [0.1, 0.15) is 19.3 Å². The van der Waals surface area contributed by atoms with Gasteiger partial charge in [-0.25, -0.2) is 9.13 Å². The summed E-state index contributed by atoms with van der Waals surface area (Å²) in [7, 11) is -9.93. The number of hydrogen-bond acceptors (Lipinski definition) is 15. The van der Waals surface area contributed by atoms with Gasteiger partial charge in [-0.15, -0.1) is 0 Å². The number of ether oxygens (including phenoxy) is 4. The molecule has 0 aromatic carbocycles. The fourth-order valence-electron chi connectivity index (χ4n) is 13.2. The van der Waals surface area contributed by atoms with Gasteiger partial charge in [-0.3, -0.25) is 37.3 Å². The van der Waals surface area contributed by atoms with Gasteiger partial charge in [0.25, 0.3) is 0 Å². The molecule has 0 aliphatic carbocycles. The third-order valence-corrected chi connectivity index (χ3v) is 21.9. The smallest absolute Gasteiger partial charge is 0.462 e. The predicted molar refractivity (Wildman–Crippen MR) is 428 cm³/mol. The van der Waals surface area contributed by atoms with Crippen LogP contribution in [0.3, 0.4) is 0 Å². The van der Waals surface area contributed by atoms with Crippen molar-refractivity contribution in [2.75, 3.05) is 39.6 Å². The summed E-state index contributed by atoms with van der Waals surface area (Å²) in [4.78, 5) is 73.2. The van der Waals surface area contributed by atoms with Crippen LogP contribution in [-0.2, 0) is 65.4 Å². The topological polar surface area (TPSA) is 237 Å². The molecular formula is C85H166O17P2. The zero-order valence-electron chi connectivity index (χ0n) is 68.3. The van der Waals surface area contributed by atoms with Gasteiger partial charge in [-0.2, -0.15) is 0 Å². The Hall–Kier alpha value is -1.94. The average molecular weight is 1520 g/mol. The van der Waals surface area contributed by atoms with E-state index in [4.69, 9.17) is 37.0 Å². The second-order valence-corrected chi connectivity index (χ2v) is 34.4. The van der Waals surface area contributed by atoms with Crippen molar-refractivity contribution in [1.82, 2.24) is 0 Å². The van der Waals surface area contributed by atoms with Crippen molar-refractivity contribution in [2.45, 2.75) is 471 Å². The van der Waals surface area contributed by atoms with Crippen LogP contribution in [0.2, 0.25) is 0 Å². The molecule has 2 unspecified atom stereocenters. The van der Waals surface area contributed by atoms with Crippen molar-refractivity contribution >= 4 is 39.5 Å². The Balaban J connectivity index is 5.24. The highest BCUT2D eigenvalue weighted by molar-refractivity contribution is 7.47. The molecule has 0 rings (SSSR count). The number of hydrogen-bond donors (Lipinski definition) is 3. The number of phosphoric acid groups is 2. The van der Waals surface area contributed by atoms with Crippen LogP contribution in [0.5, 0.6) is 0 Å². The molecule has 0 amide bonds. The highest BCUT2D eigenvalue weighted by Crippen LogP contribution is 2.45. The molecule has 0 saturated heterocycles. The standard InChI is InChI=1S/C85H166O17P2/c1-7-9-11-13-15-17-19-21-23-24-25-26-27-28-29-35-39-45-52-58-64-70-85(90)101-80(73-95-82(87)67-61-55-49-43-37-34-31-30-32-36-41-47-53-59-65-77(3)4)75-99-103(91,92)97-71-79(86)72-98-104(93,94)100-76-81(74-96-83(88)68-62-56-50-46-40-42-48-54-60-66-78(5)6)102-84(89)69-63-57-51-44-38-33-22-20-18-16-14-12-10-8-2/h77-81,86H,7-76H2,1-6H3,(H,91,92)(H,93,94)/t79-,80-,81-/m1/s1. The number of aliphatic hydroxyl groups excluding tert-OH is 1. The van der Waals surface area contributed by atoms with Gasteiger partial charge in [0.15, 0.2) is 12.2 Å². The number of esters is 4. The van der Waals surface area contributed by atoms with E-state index in [0.29, 0.717) is 25.7 Å². The van der Waals surface area contributed by atoms with Gasteiger partial charge in [0, 0.05) is 25.7 Å². The van der Waals surface area contributed by atoms with Crippen molar-refractivity contribution in [3.8, 4) is 0 Å². The fourth-order valence-corrected chi connectivity index (χ4v) is 14.8. The molecule has 0 bridgehead atoms. The maximum absolute atomic E-state index is 13.1. The van der Waals surface area contributed by atoms with Crippen molar-refractivity contribution in [3.63, 3.8) is 0 Å². The molecule has 0 aromatic rings. The molecule has 0 aliphatic rings. The summed E-state index contributed by atoms with van der Waals surface area (Å²) >= 11 is 0. The van der Waals surface area contributed by atoms with Crippen LogP contribution >= 0.6 is 15.6 Å². The van der Waals surface area contributed by atoms with E-state index >= 15 is 0 Å². The molecule has 0 spiro atoms. The lowest BCUT2D eigenvalue weighted by molar-refractivity contribution is -0.161. The minimum atomic E-state index is -4.97. The summed E-state index contributed by atoms with van der Waals surface area (Å²) in [5, 5.41) is 10.7. The third-order valence-electron chi connectivity index (χ3n) is 20.0. The summed E-state index contributed by atoms with van der Waals surface area (Å²) in [5.74, 6) is -0.559. The van der Waals surface area contributed by atoms with E-state index in [2.05, 4.69) is 41.5 Å². The Morgan fingerprint density at radius 1 is 0.260 bits per heavy atom. The molecule has 3 N–H and O–H groups in total. The molecular weight excluding hydrogens is 1350 g/mol. The van der Waals surface area contributed by atoms with Gasteiger partial charge in [-0.1, -0.05) is 401 Å². The minimum Gasteiger partial charge on any atom is -0.462 e. The Bertz CT molecular complexity index is 1990. The number of aliphatic hydroxyl groups is 1. The Kier molecular flexibility index (Phi) is 75.0. The lowest BCUT2D eigenvalue weighted by Gasteiger charge is -2.21. The molecule has 17 nitrogen and oxygen atoms in total. The lowest BCUT2D eigenvalue weighted by Crippen LogP contribution is -2.30. The van der Waals surface area contributed by atoms with E-state index in [1.54, 1.807) is 0 Å². The van der Waals surface area contributed by atoms with Crippen LogP contribution in [0.25, 0.3) is 0 Å². The highest BCUT2D eigenvalue weighted by atomic mass is 31.2. The van der Waals surface area contributed by atoms with Crippen LogP contribution in [0.1, 0.15) is 452 Å². The quantitative estimate of drug-likeness (QED) is 0.0222. The normalized spacial score (nSPS) is 13.8. The maximum Gasteiger partial charge on any atom is 0.472 e. The molecule has 0 aromatic heterocycles. The van der Waals surface area contributed by atoms with Crippen LogP contribution in [0, 0.1) is 11.8 Å². The van der Waals surface area contributed by atoms with Gasteiger partial charge < -0.3 is 33.8 Å². The number of rotatable bonds is 84. The largest absolute Gasteiger partial charge is 0.472 e. The van der Waals surface area contributed by atoms with E-state index in [0.717, 1.165) is 102 Å². The zero-order chi connectivity index (χ0) is 76.4. The summed E-state index contributed by atoms with van der Waals surface area (Å²) in [6.45, 7) is 9.67. The second-order valence-electron chi connectivity index (χ2n) is 31.5. The maximum atomic E-state index is 13.1. The monoisotopic (exact) mass is 1520 g/mol. The average Bonchev–Trinajstić information content (AvgIpc) is 0.910. The first-order chi connectivity index (χ1) is 50.4. The SMILES string of the molecule is CCCCCCCCCCCCCCCCCCCCCCCC(=O)O[C@H](COC(=O)CCCCCCCCCCCCCCCCC(C)C)COP(=O)(O)OC[C@@H](O)COP(=O)(O)OC[C@@H](COC(=O)CCCCCCCCCCCC(C)C)OC(=O)CCCCCCCCCCCCCCCC. The summed E-state index contributed by atoms with van der Waals surface area (Å²) in [5.41, 5.74) is 0. The molecule has 0 radical (unpaired) electrons. The fraction of sp³-hybridized carbons (Fsp3) is 0.953. The van der Waals surface area contributed by atoms with E-state index < -0.39 is 97.5 Å². The van der Waals surface area contributed by atoms with Crippen LogP contribution in [0.4, 0.5) is 0 Å². The first-order valence-electron chi connectivity index (χ1n) is 44.0. The first kappa shape index (κ1) is 102. The van der Waals surface area contributed by atoms with E-state index in [-0.39, 0.29) is 25.7 Å². The lowest BCUT2D eigenvalue weighted by atomic mass is 10.0. The number of carbonyl (C=O) groups excluding carboxylic acids is 4. The Morgan fingerprint density at radius 3 is 0.654 bits per heavy atom. The molecule has 0 heterocycles. The summed E-state index contributed by atoms with van der Waals surface area (Å²) in [6, 6.07) is 0. The number of phosphoric ester groups is 2. The number of unbranched alkanes of at least 4 members (excludes halogenated alkanes) is 54. The Morgan fingerprint density at radius 2 is 0.442 bits per heavy atom. The summed E-state index contributed by atoms with van der Waals surface area (Å²) < 4.78 is 68.9. The van der Waals surface area contributed by atoms with E-state index in [9.17, 15) is 43.2 Å². The van der Waals surface area contributed by atoms with Gasteiger partial charge >= 0.3 is 39.5 Å².